The van der Waals surface area contributed by atoms with E-state index in [0.717, 1.165) is 37.3 Å². The number of rotatable bonds is 4. The van der Waals surface area contributed by atoms with Gasteiger partial charge in [-0.3, -0.25) is 0 Å². The van der Waals surface area contributed by atoms with Crippen molar-refractivity contribution in [1.29, 1.82) is 0 Å². The number of benzene rings is 2. The number of hydrogen-bond acceptors (Lipinski definition) is 3. The summed E-state index contributed by atoms with van der Waals surface area (Å²) in [6.45, 7) is 1.70. The van der Waals surface area contributed by atoms with E-state index in [1.165, 1.54) is 16.5 Å². The maximum absolute atomic E-state index is 5.69. The SMILES string of the molecule is c1ccc(-c2cc(NC[C@H]3CCCO3)nc3ccccc23)cc1. The molecule has 0 saturated carbocycles. The number of aromatic nitrogens is 1. The molecule has 1 fully saturated rings. The minimum absolute atomic E-state index is 0.309. The van der Waals surface area contributed by atoms with Crippen molar-refractivity contribution in [3.05, 3.63) is 60.7 Å². The van der Waals surface area contributed by atoms with Crippen LogP contribution in [-0.4, -0.2) is 24.2 Å². The third-order valence-electron chi connectivity index (χ3n) is 4.34. The summed E-state index contributed by atoms with van der Waals surface area (Å²) >= 11 is 0. The van der Waals surface area contributed by atoms with Crippen LogP contribution in [0.15, 0.2) is 60.7 Å². The van der Waals surface area contributed by atoms with E-state index in [-0.39, 0.29) is 0 Å². The Hall–Kier alpha value is -2.39. The molecule has 3 heteroatoms. The first-order valence-corrected chi connectivity index (χ1v) is 8.21. The first kappa shape index (κ1) is 14.2. The summed E-state index contributed by atoms with van der Waals surface area (Å²) in [6.07, 6.45) is 2.60. The molecular weight excluding hydrogens is 284 g/mol. The summed E-state index contributed by atoms with van der Waals surface area (Å²) in [5.74, 6) is 0.915. The molecule has 0 radical (unpaired) electrons. The molecular formula is C20H20N2O. The second-order valence-electron chi connectivity index (χ2n) is 5.95. The molecule has 4 rings (SSSR count). The number of pyridine rings is 1. The Balaban J connectivity index is 1.71. The van der Waals surface area contributed by atoms with E-state index in [9.17, 15) is 0 Å². The lowest BCUT2D eigenvalue weighted by atomic mass is 10.0. The number of nitrogens with zero attached hydrogens (tertiary/aromatic N) is 1. The molecule has 1 aliphatic rings. The van der Waals surface area contributed by atoms with E-state index in [1.807, 2.05) is 12.1 Å². The Morgan fingerprint density at radius 3 is 2.70 bits per heavy atom. The lowest BCUT2D eigenvalue weighted by Gasteiger charge is -2.14. The average Bonchev–Trinajstić information content (AvgIpc) is 3.13. The molecule has 23 heavy (non-hydrogen) atoms. The summed E-state index contributed by atoms with van der Waals surface area (Å²) in [4.78, 5) is 4.76. The van der Waals surface area contributed by atoms with Crippen molar-refractivity contribution >= 4 is 16.7 Å². The minimum Gasteiger partial charge on any atom is -0.376 e. The van der Waals surface area contributed by atoms with E-state index in [2.05, 4.69) is 53.8 Å². The highest BCUT2D eigenvalue weighted by Crippen LogP contribution is 2.30. The summed E-state index contributed by atoms with van der Waals surface area (Å²) < 4.78 is 5.69. The standard InChI is InChI=1S/C20H20N2O/c1-2-7-15(8-3-1)18-13-20(21-14-16-9-6-12-23-16)22-19-11-5-4-10-17(18)19/h1-5,7-8,10-11,13,16H,6,9,12,14H2,(H,21,22)/t16-/m1/s1. The molecule has 3 aromatic rings. The summed E-state index contributed by atoms with van der Waals surface area (Å²) in [6, 6.07) is 20.9. The van der Waals surface area contributed by atoms with Gasteiger partial charge in [0.2, 0.25) is 0 Å². The largest absolute Gasteiger partial charge is 0.376 e. The lowest BCUT2D eigenvalue weighted by molar-refractivity contribution is 0.120. The van der Waals surface area contributed by atoms with Gasteiger partial charge in [0.05, 0.1) is 11.6 Å². The van der Waals surface area contributed by atoms with Gasteiger partial charge in [-0.25, -0.2) is 4.98 Å². The highest BCUT2D eigenvalue weighted by Gasteiger charge is 2.15. The van der Waals surface area contributed by atoms with E-state index < -0.39 is 0 Å². The monoisotopic (exact) mass is 304 g/mol. The molecule has 0 bridgehead atoms. The number of para-hydroxylation sites is 1. The van der Waals surface area contributed by atoms with Crippen LogP contribution in [0, 0.1) is 0 Å². The summed E-state index contributed by atoms with van der Waals surface area (Å²) in [5.41, 5.74) is 3.45. The molecule has 2 heterocycles. The van der Waals surface area contributed by atoms with Gasteiger partial charge in [-0.15, -0.1) is 0 Å². The number of nitrogens with one attached hydrogen (secondary N) is 1. The number of ether oxygens (including phenoxy) is 1. The zero-order chi connectivity index (χ0) is 15.5. The second-order valence-corrected chi connectivity index (χ2v) is 5.95. The van der Waals surface area contributed by atoms with Crippen LogP contribution in [-0.2, 0) is 4.74 Å². The van der Waals surface area contributed by atoms with Gasteiger partial charge in [-0.2, -0.15) is 0 Å². The van der Waals surface area contributed by atoms with Crippen molar-refractivity contribution in [3.8, 4) is 11.1 Å². The Bertz CT molecular complexity index is 795. The summed E-state index contributed by atoms with van der Waals surface area (Å²) in [5, 5.41) is 4.63. The Kier molecular flexibility index (Phi) is 3.95. The molecule has 1 saturated heterocycles. The molecule has 0 aliphatic carbocycles. The van der Waals surface area contributed by atoms with Crippen LogP contribution in [0.4, 0.5) is 5.82 Å². The molecule has 2 aromatic carbocycles. The lowest BCUT2D eigenvalue weighted by Crippen LogP contribution is -2.18. The maximum atomic E-state index is 5.69. The fourth-order valence-electron chi connectivity index (χ4n) is 3.15. The Morgan fingerprint density at radius 2 is 1.87 bits per heavy atom. The van der Waals surface area contributed by atoms with Crippen LogP contribution in [0.1, 0.15) is 12.8 Å². The minimum atomic E-state index is 0.309. The fourth-order valence-corrected chi connectivity index (χ4v) is 3.15. The highest BCUT2D eigenvalue weighted by molar-refractivity contribution is 5.96. The third kappa shape index (κ3) is 3.06. The van der Waals surface area contributed by atoms with Gasteiger partial charge in [0, 0.05) is 18.5 Å². The van der Waals surface area contributed by atoms with Crippen molar-refractivity contribution in [2.75, 3.05) is 18.5 Å². The van der Waals surface area contributed by atoms with Crippen LogP contribution in [0.5, 0.6) is 0 Å². The second kappa shape index (κ2) is 6.39. The molecule has 116 valence electrons. The molecule has 1 aromatic heterocycles. The molecule has 0 spiro atoms. The quantitative estimate of drug-likeness (QED) is 0.771. The van der Waals surface area contributed by atoms with E-state index in [4.69, 9.17) is 9.72 Å². The molecule has 1 aliphatic heterocycles. The van der Waals surface area contributed by atoms with Crippen LogP contribution in [0.25, 0.3) is 22.0 Å². The Labute approximate surface area is 136 Å². The fraction of sp³-hybridized carbons (Fsp3) is 0.250. The van der Waals surface area contributed by atoms with Crippen molar-refractivity contribution in [3.63, 3.8) is 0 Å². The van der Waals surface area contributed by atoms with Gasteiger partial charge < -0.3 is 10.1 Å². The van der Waals surface area contributed by atoms with E-state index in [1.54, 1.807) is 0 Å². The molecule has 1 N–H and O–H groups in total. The van der Waals surface area contributed by atoms with Gasteiger partial charge in [-0.1, -0.05) is 48.5 Å². The topological polar surface area (TPSA) is 34.1 Å². The first-order valence-electron chi connectivity index (χ1n) is 8.21. The zero-order valence-corrected chi connectivity index (χ0v) is 13.0. The van der Waals surface area contributed by atoms with Gasteiger partial charge >= 0.3 is 0 Å². The normalized spacial score (nSPS) is 17.5. The van der Waals surface area contributed by atoms with Crippen LogP contribution < -0.4 is 5.32 Å². The van der Waals surface area contributed by atoms with Gasteiger partial charge in [0.1, 0.15) is 5.82 Å². The van der Waals surface area contributed by atoms with E-state index >= 15 is 0 Å². The maximum Gasteiger partial charge on any atom is 0.127 e. The van der Waals surface area contributed by atoms with Gasteiger partial charge in [0.25, 0.3) is 0 Å². The number of fused-ring (bicyclic) bond motifs is 1. The van der Waals surface area contributed by atoms with Crippen LogP contribution in [0.3, 0.4) is 0 Å². The molecule has 0 amide bonds. The average molecular weight is 304 g/mol. The van der Waals surface area contributed by atoms with Crippen molar-refractivity contribution in [2.24, 2.45) is 0 Å². The van der Waals surface area contributed by atoms with Crippen molar-refractivity contribution in [2.45, 2.75) is 18.9 Å². The van der Waals surface area contributed by atoms with Crippen LogP contribution >= 0.6 is 0 Å². The summed E-state index contributed by atoms with van der Waals surface area (Å²) in [7, 11) is 0. The van der Waals surface area contributed by atoms with Gasteiger partial charge in [0.15, 0.2) is 0 Å². The van der Waals surface area contributed by atoms with Crippen molar-refractivity contribution < 1.29 is 4.74 Å². The number of anilines is 1. The van der Waals surface area contributed by atoms with E-state index in [0.29, 0.717) is 6.10 Å². The molecule has 0 unspecified atom stereocenters. The highest BCUT2D eigenvalue weighted by atomic mass is 16.5. The smallest absolute Gasteiger partial charge is 0.127 e. The molecule has 1 atom stereocenters. The molecule has 3 nitrogen and oxygen atoms in total. The predicted octanol–water partition coefficient (Wildman–Crippen LogP) is 4.49. The van der Waals surface area contributed by atoms with Gasteiger partial charge in [-0.05, 0) is 36.1 Å². The Morgan fingerprint density at radius 1 is 1.04 bits per heavy atom. The number of hydrogen-bond donors (Lipinski definition) is 1. The zero-order valence-electron chi connectivity index (χ0n) is 13.0. The predicted molar refractivity (Wildman–Crippen MR) is 94.6 cm³/mol. The van der Waals surface area contributed by atoms with Crippen LogP contribution in [0.2, 0.25) is 0 Å². The van der Waals surface area contributed by atoms with Crippen molar-refractivity contribution in [1.82, 2.24) is 4.98 Å². The third-order valence-corrected chi connectivity index (χ3v) is 4.34. The first-order chi connectivity index (χ1) is 11.4.